The topological polar surface area (TPSA) is 87.7 Å². The van der Waals surface area contributed by atoms with Crippen molar-refractivity contribution < 1.29 is 22.3 Å². The molecule has 2 heterocycles. The van der Waals surface area contributed by atoms with Gasteiger partial charge in [0.05, 0.1) is 24.5 Å². The fraction of sp³-hybridized carbons (Fsp3) is 0.588. The Morgan fingerprint density at radius 3 is 2.77 bits per heavy atom. The molecule has 3 rings (SSSR count). The molecule has 0 saturated carbocycles. The number of ether oxygens (including phenoxy) is 1. The van der Waals surface area contributed by atoms with Crippen LogP contribution in [0.4, 0.5) is 4.39 Å². The quantitative estimate of drug-likeness (QED) is 0.713. The summed E-state index contributed by atoms with van der Waals surface area (Å²) in [4.78, 5) is 12.3. The second-order valence-corrected chi connectivity index (χ2v) is 8.72. The van der Waals surface area contributed by atoms with Crippen molar-refractivity contribution in [3.05, 3.63) is 35.6 Å². The third-order valence-electron chi connectivity index (χ3n) is 4.81. The lowest BCUT2D eigenvalue weighted by Crippen LogP contribution is -2.45. The molecule has 0 aromatic heterocycles. The van der Waals surface area contributed by atoms with Gasteiger partial charge in [-0.3, -0.25) is 4.79 Å². The number of carbonyl (C=O) groups is 1. The van der Waals surface area contributed by atoms with Crippen LogP contribution in [0.15, 0.2) is 24.3 Å². The number of hydrogen-bond acceptors (Lipinski definition) is 5. The number of nitrogens with zero attached hydrogens (tertiary/aromatic N) is 1. The Morgan fingerprint density at radius 2 is 2.04 bits per heavy atom. The molecule has 0 bridgehead atoms. The predicted molar refractivity (Wildman–Crippen MR) is 94.6 cm³/mol. The zero-order chi connectivity index (χ0) is 18.6. The summed E-state index contributed by atoms with van der Waals surface area (Å²) in [5.74, 6) is -0.543. The normalized spacial score (nSPS) is 24.5. The number of hydrogen-bond donors (Lipinski definition) is 2. The van der Waals surface area contributed by atoms with E-state index in [1.807, 2.05) is 0 Å². The minimum atomic E-state index is -3.44. The summed E-state index contributed by atoms with van der Waals surface area (Å²) in [6.45, 7) is 2.08. The van der Waals surface area contributed by atoms with Crippen LogP contribution in [0.1, 0.15) is 12.0 Å². The van der Waals surface area contributed by atoms with Gasteiger partial charge in [-0.1, -0.05) is 18.2 Å². The largest absolute Gasteiger partial charge is 0.379 e. The molecule has 144 valence electrons. The molecular formula is C17H24FN3O4S. The summed E-state index contributed by atoms with van der Waals surface area (Å²) in [5.41, 5.74) is 0.542. The van der Waals surface area contributed by atoms with Gasteiger partial charge in [-0.05, 0) is 24.5 Å². The maximum Gasteiger partial charge on any atom is 0.237 e. The van der Waals surface area contributed by atoms with Crippen LogP contribution in [0.5, 0.6) is 0 Å². The highest BCUT2D eigenvalue weighted by Crippen LogP contribution is 2.20. The maximum atomic E-state index is 13.6. The van der Waals surface area contributed by atoms with Gasteiger partial charge in [0.2, 0.25) is 15.9 Å². The third kappa shape index (κ3) is 4.40. The highest BCUT2D eigenvalue weighted by Gasteiger charge is 2.40. The van der Waals surface area contributed by atoms with Crippen LogP contribution in [0.3, 0.4) is 0 Å². The first-order valence-electron chi connectivity index (χ1n) is 8.79. The Balaban J connectivity index is 1.48. The molecule has 0 spiro atoms. The Kier molecular flexibility index (Phi) is 6.23. The van der Waals surface area contributed by atoms with E-state index in [4.69, 9.17) is 4.74 Å². The summed E-state index contributed by atoms with van der Waals surface area (Å²) in [5, 5.41) is 5.14. The van der Waals surface area contributed by atoms with Crippen molar-refractivity contribution >= 4 is 15.9 Å². The summed E-state index contributed by atoms with van der Waals surface area (Å²) in [7, 11) is -3.44. The number of benzene rings is 1. The second-order valence-electron chi connectivity index (χ2n) is 6.51. The monoisotopic (exact) mass is 385 g/mol. The fourth-order valence-electron chi connectivity index (χ4n) is 3.29. The number of amides is 1. The molecule has 2 N–H and O–H groups in total. The molecule has 2 saturated heterocycles. The van der Waals surface area contributed by atoms with Crippen LogP contribution in [-0.4, -0.2) is 69.3 Å². The van der Waals surface area contributed by atoms with Crippen LogP contribution in [0.2, 0.25) is 0 Å². The van der Waals surface area contributed by atoms with Crippen LogP contribution >= 0.6 is 0 Å². The Morgan fingerprint density at radius 1 is 1.31 bits per heavy atom. The van der Waals surface area contributed by atoms with E-state index in [0.29, 0.717) is 44.8 Å². The van der Waals surface area contributed by atoms with Gasteiger partial charge >= 0.3 is 0 Å². The molecule has 7 nitrogen and oxygen atoms in total. The van der Waals surface area contributed by atoms with Crippen LogP contribution in [-0.2, 0) is 26.0 Å². The van der Waals surface area contributed by atoms with Gasteiger partial charge < -0.3 is 15.4 Å². The van der Waals surface area contributed by atoms with Gasteiger partial charge in [0, 0.05) is 26.2 Å². The number of carbonyl (C=O) groups excluding carboxylic acids is 1. The van der Waals surface area contributed by atoms with E-state index >= 15 is 0 Å². The minimum Gasteiger partial charge on any atom is -0.379 e. The summed E-state index contributed by atoms with van der Waals surface area (Å²) < 4.78 is 45.5. The molecule has 2 aliphatic rings. The fourth-order valence-corrected chi connectivity index (χ4v) is 5.11. The van der Waals surface area contributed by atoms with Gasteiger partial charge in [-0.2, -0.15) is 4.31 Å². The van der Waals surface area contributed by atoms with E-state index in [1.54, 1.807) is 18.2 Å². The van der Waals surface area contributed by atoms with Crippen molar-refractivity contribution in [2.24, 2.45) is 0 Å². The molecular weight excluding hydrogens is 361 g/mol. The van der Waals surface area contributed by atoms with Crippen LogP contribution in [0, 0.1) is 5.82 Å². The standard InChI is InChI=1S/C17H24FN3O4S/c18-15-4-2-1-3-13(15)5-6-19-17(22)16-11-14(12-20-16)26(23,24)21-7-9-25-10-8-21/h1-4,14,16,20H,5-12H2,(H,19,22). The summed E-state index contributed by atoms with van der Waals surface area (Å²) >= 11 is 0. The first-order chi connectivity index (χ1) is 12.5. The van der Waals surface area contributed by atoms with Crippen molar-refractivity contribution in [3.63, 3.8) is 0 Å². The van der Waals surface area contributed by atoms with Crippen LogP contribution in [0.25, 0.3) is 0 Å². The second kappa shape index (κ2) is 8.43. The maximum absolute atomic E-state index is 13.6. The van der Waals surface area contributed by atoms with Crippen molar-refractivity contribution in [3.8, 4) is 0 Å². The third-order valence-corrected chi connectivity index (χ3v) is 7.10. The van der Waals surface area contributed by atoms with Crippen molar-refractivity contribution in [2.75, 3.05) is 39.4 Å². The van der Waals surface area contributed by atoms with Crippen molar-refractivity contribution in [2.45, 2.75) is 24.1 Å². The van der Waals surface area contributed by atoms with E-state index in [0.717, 1.165) is 0 Å². The zero-order valence-electron chi connectivity index (χ0n) is 14.5. The van der Waals surface area contributed by atoms with Crippen molar-refractivity contribution in [1.82, 2.24) is 14.9 Å². The minimum absolute atomic E-state index is 0.241. The van der Waals surface area contributed by atoms with E-state index in [2.05, 4.69) is 10.6 Å². The van der Waals surface area contributed by atoms with Gasteiger partial charge in [0.1, 0.15) is 5.82 Å². The predicted octanol–water partition coefficient (Wildman–Crippen LogP) is -0.123. The molecule has 0 radical (unpaired) electrons. The summed E-state index contributed by atoms with van der Waals surface area (Å²) in [6.07, 6.45) is 0.631. The average Bonchev–Trinajstić information content (AvgIpc) is 3.15. The van der Waals surface area contributed by atoms with Gasteiger partial charge in [-0.15, -0.1) is 0 Å². The molecule has 9 heteroatoms. The first kappa shape index (κ1) is 19.2. The molecule has 2 atom stereocenters. The molecule has 2 aliphatic heterocycles. The molecule has 1 aromatic rings. The van der Waals surface area contributed by atoms with E-state index in [-0.39, 0.29) is 24.7 Å². The molecule has 26 heavy (non-hydrogen) atoms. The lowest BCUT2D eigenvalue weighted by atomic mass is 10.1. The molecule has 0 aliphatic carbocycles. The van der Waals surface area contributed by atoms with Gasteiger partial charge in [-0.25, -0.2) is 12.8 Å². The molecule has 2 unspecified atom stereocenters. The van der Waals surface area contributed by atoms with Crippen LogP contribution < -0.4 is 10.6 Å². The average molecular weight is 385 g/mol. The highest BCUT2D eigenvalue weighted by molar-refractivity contribution is 7.89. The van der Waals surface area contributed by atoms with E-state index in [9.17, 15) is 17.6 Å². The number of rotatable bonds is 6. The molecule has 2 fully saturated rings. The van der Waals surface area contributed by atoms with Gasteiger partial charge in [0.25, 0.3) is 0 Å². The smallest absolute Gasteiger partial charge is 0.237 e. The van der Waals surface area contributed by atoms with E-state index in [1.165, 1.54) is 10.4 Å². The number of halogens is 1. The Labute approximate surface area is 152 Å². The lowest BCUT2D eigenvalue weighted by molar-refractivity contribution is -0.122. The van der Waals surface area contributed by atoms with Gasteiger partial charge in [0.15, 0.2) is 0 Å². The number of morpholine rings is 1. The lowest BCUT2D eigenvalue weighted by Gasteiger charge is -2.28. The first-order valence-corrected chi connectivity index (χ1v) is 10.3. The zero-order valence-corrected chi connectivity index (χ0v) is 15.3. The summed E-state index contributed by atoms with van der Waals surface area (Å²) in [6, 6.07) is 5.89. The molecule has 1 aromatic carbocycles. The highest BCUT2D eigenvalue weighted by atomic mass is 32.2. The Hall–Kier alpha value is -1.55. The molecule has 1 amide bonds. The number of sulfonamides is 1. The SMILES string of the molecule is O=C(NCCc1ccccc1F)C1CC(S(=O)(=O)N2CCOCC2)CN1. The number of nitrogens with one attached hydrogen (secondary N) is 2. The van der Waals surface area contributed by atoms with Crippen molar-refractivity contribution in [1.29, 1.82) is 0 Å². The van der Waals surface area contributed by atoms with E-state index < -0.39 is 21.3 Å². The Bertz CT molecular complexity index is 737.